The second-order valence-electron chi connectivity index (χ2n) is 5.07. The van der Waals surface area contributed by atoms with E-state index in [9.17, 15) is 5.11 Å². The summed E-state index contributed by atoms with van der Waals surface area (Å²) in [5.41, 5.74) is 1.82. The van der Waals surface area contributed by atoms with Crippen LogP contribution in [0.2, 0.25) is 0 Å². The molecule has 1 saturated heterocycles. The maximum absolute atomic E-state index is 9.49. The normalized spacial score (nSPS) is 22.4. The Bertz CT molecular complexity index is 630. The van der Waals surface area contributed by atoms with Gasteiger partial charge in [0.1, 0.15) is 5.75 Å². The minimum atomic E-state index is 0.251. The Kier molecular flexibility index (Phi) is 4.45. The average molecular weight is 322 g/mol. The molecule has 0 spiro atoms. The Morgan fingerprint density at radius 3 is 2.90 bits per heavy atom. The van der Waals surface area contributed by atoms with Crippen molar-refractivity contribution in [3.8, 4) is 17.2 Å². The number of nitrogens with zero attached hydrogens (tertiary/aromatic N) is 2. The molecule has 1 aliphatic heterocycles. The third kappa shape index (κ3) is 3.06. The van der Waals surface area contributed by atoms with E-state index in [1.807, 2.05) is 36.5 Å². The lowest BCUT2D eigenvalue weighted by atomic mass is 10.1. The van der Waals surface area contributed by atoms with Crippen molar-refractivity contribution < 1.29 is 9.63 Å². The molecule has 1 aromatic heterocycles. The minimum absolute atomic E-state index is 0.251. The van der Waals surface area contributed by atoms with Gasteiger partial charge in [0.15, 0.2) is 5.82 Å². The standard InChI is InChI=1S/C15H18N2O2S2/c1-3-12-13(21-7-6-20-12)14-16-15(19-17-14)11-5-4-10(18)8-9(11)2/h4-5,8,12-13,18H,3,6-7H2,1-2H3. The number of phenolic OH excluding ortho intramolecular Hbond substituents is 1. The molecule has 2 heterocycles. The molecule has 0 amide bonds. The predicted octanol–water partition coefficient (Wildman–Crippen LogP) is 4.05. The Morgan fingerprint density at radius 1 is 1.33 bits per heavy atom. The summed E-state index contributed by atoms with van der Waals surface area (Å²) in [5.74, 6) is 3.91. The molecule has 1 fully saturated rings. The van der Waals surface area contributed by atoms with Gasteiger partial charge in [0.05, 0.1) is 5.25 Å². The number of phenols is 1. The molecule has 112 valence electrons. The van der Waals surface area contributed by atoms with Gasteiger partial charge in [0.2, 0.25) is 0 Å². The number of hydrogen-bond donors (Lipinski definition) is 1. The van der Waals surface area contributed by atoms with Crippen molar-refractivity contribution in [3.63, 3.8) is 0 Å². The van der Waals surface area contributed by atoms with E-state index in [0.29, 0.717) is 16.4 Å². The zero-order chi connectivity index (χ0) is 14.8. The zero-order valence-electron chi connectivity index (χ0n) is 12.1. The van der Waals surface area contributed by atoms with Gasteiger partial charge in [-0.15, -0.1) is 11.8 Å². The van der Waals surface area contributed by atoms with Crippen molar-refractivity contribution in [2.24, 2.45) is 0 Å². The summed E-state index contributed by atoms with van der Waals surface area (Å²) in [6.45, 7) is 4.14. The summed E-state index contributed by atoms with van der Waals surface area (Å²) in [6, 6.07) is 5.17. The lowest BCUT2D eigenvalue weighted by molar-refractivity contribution is 0.421. The van der Waals surface area contributed by atoms with Crippen LogP contribution in [0.4, 0.5) is 0 Å². The number of aryl methyl sites for hydroxylation is 1. The van der Waals surface area contributed by atoms with Crippen LogP contribution < -0.4 is 0 Å². The van der Waals surface area contributed by atoms with E-state index < -0.39 is 0 Å². The van der Waals surface area contributed by atoms with Crippen LogP contribution in [-0.2, 0) is 0 Å². The van der Waals surface area contributed by atoms with E-state index in [0.717, 1.165) is 29.1 Å². The lowest BCUT2D eigenvalue weighted by Crippen LogP contribution is -2.19. The number of hydrogen-bond acceptors (Lipinski definition) is 6. The third-order valence-electron chi connectivity index (χ3n) is 3.59. The van der Waals surface area contributed by atoms with E-state index in [2.05, 4.69) is 17.1 Å². The highest BCUT2D eigenvalue weighted by atomic mass is 32.2. The van der Waals surface area contributed by atoms with Crippen molar-refractivity contribution in [1.29, 1.82) is 0 Å². The molecule has 1 N–H and O–H groups in total. The summed E-state index contributed by atoms with van der Waals surface area (Å²) < 4.78 is 5.45. The van der Waals surface area contributed by atoms with Crippen LogP contribution in [0.3, 0.4) is 0 Å². The molecule has 0 radical (unpaired) electrons. The van der Waals surface area contributed by atoms with Crippen molar-refractivity contribution in [1.82, 2.24) is 10.1 Å². The van der Waals surface area contributed by atoms with Crippen LogP contribution >= 0.6 is 23.5 Å². The molecule has 1 aromatic carbocycles. The molecule has 4 nitrogen and oxygen atoms in total. The molecule has 6 heteroatoms. The first-order chi connectivity index (χ1) is 10.2. The minimum Gasteiger partial charge on any atom is -0.508 e. The van der Waals surface area contributed by atoms with Crippen molar-refractivity contribution >= 4 is 23.5 Å². The quantitative estimate of drug-likeness (QED) is 0.920. The van der Waals surface area contributed by atoms with E-state index in [1.54, 1.807) is 12.1 Å². The van der Waals surface area contributed by atoms with Gasteiger partial charge in [0.25, 0.3) is 5.89 Å². The Hall–Kier alpha value is -1.14. The molecule has 3 rings (SSSR count). The average Bonchev–Trinajstić information content (AvgIpc) is 2.96. The molecular formula is C15H18N2O2S2. The number of thioether (sulfide) groups is 2. The van der Waals surface area contributed by atoms with Crippen LogP contribution in [0.1, 0.15) is 30.0 Å². The Labute approximate surface area is 132 Å². The summed E-state index contributed by atoms with van der Waals surface area (Å²) in [7, 11) is 0. The fourth-order valence-electron chi connectivity index (χ4n) is 2.49. The van der Waals surface area contributed by atoms with Crippen LogP contribution in [0.25, 0.3) is 11.5 Å². The van der Waals surface area contributed by atoms with Gasteiger partial charge in [-0.3, -0.25) is 0 Å². The number of benzene rings is 1. The Morgan fingerprint density at radius 2 is 2.14 bits per heavy atom. The van der Waals surface area contributed by atoms with E-state index >= 15 is 0 Å². The Balaban J connectivity index is 1.89. The molecule has 1 aliphatic rings. The first kappa shape index (κ1) is 14.8. The molecule has 0 bridgehead atoms. The first-order valence-corrected chi connectivity index (χ1v) is 9.15. The van der Waals surface area contributed by atoms with Crippen LogP contribution in [0.15, 0.2) is 22.7 Å². The molecular weight excluding hydrogens is 304 g/mol. The van der Waals surface area contributed by atoms with E-state index in [4.69, 9.17) is 4.52 Å². The number of rotatable bonds is 3. The monoisotopic (exact) mass is 322 g/mol. The first-order valence-electron chi connectivity index (χ1n) is 7.06. The maximum atomic E-state index is 9.49. The van der Waals surface area contributed by atoms with Gasteiger partial charge in [-0.25, -0.2) is 0 Å². The second kappa shape index (κ2) is 6.32. The SMILES string of the molecule is CCC1SCCSC1c1noc(-c2ccc(O)cc2C)n1. The van der Waals surface area contributed by atoms with Crippen molar-refractivity contribution in [2.45, 2.75) is 30.8 Å². The molecule has 2 atom stereocenters. The summed E-state index contributed by atoms with van der Waals surface area (Å²) in [5, 5.41) is 14.5. The van der Waals surface area contributed by atoms with Crippen LogP contribution in [0.5, 0.6) is 5.75 Å². The second-order valence-corrected chi connectivity index (χ2v) is 7.66. The molecule has 2 aromatic rings. The van der Waals surface area contributed by atoms with Gasteiger partial charge < -0.3 is 9.63 Å². The largest absolute Gasteiger partial charge is 0.508 e. The molecule has 21 heavy (non-hydrogen) atoms. The van der Waals surface area contributed by atoms with Gasteiger partial charge in [-0.05, 0) is 37.1 Å². The molecule has 0 aliphatic carbocycles. The van der Waals surface area contributed by atoms with Gasteiger partial charge in [-0.1, -0.05) is 12.1 Å². The fourth-order valence-corrected chi connectivity index (χ4v) is 5.47. The van der Waals surface area contributed by atoms with E-state index in [1.165, 1.54) is 5.75 Å². The van der Waals surface area contributed by atoms with Crippen LogP contribution in [-0.4, -0.2) is 32.0 Å². The lowest BCUT2D eigenvalue weighted by Gasteiger charge is -2.27. The topological polar surface area (TPSA) is 59.2 Å². The van der Waals surface area contributed by atoms with Gasteiger partial charge >= 0.3 is 0 Å². The van der Waals surface area contributed by atoms with Crippen LogP contribution in [0, 0.1) is 6.92 Å². The number of aromatic hydroxyl groups is 1. The maximum Gasteiger partial charge on any atom is 0.258 e. The zero-order valence-corrected chi connectivity index (χ0v) is 13.7. The fraction of sp³-hybridized carbons (Fsp3) is 0.467. The smallest absolute Gasteiger partial charge is 0.258 e. The highest BCUT2D eigenvalue weighted by Crippen LogP contribution is 2.43. The van der Waals surface area contributed by atoms with E-state index in [-0.39, 0.29) is 5.75 Å². The van der Waals surface area contributed by atoms with Gasteiger partial charge in [-0.2, -0.15) is 16.7 Å². The summed E-state index contributed by atoms with van der Waals surface area (Å²) in [4.78, 5) is 4.60. The number of aromatic nitrogens is 2. The molecule has 0 saturated carbocycles. The van der Waals surface area contributed by atoms with Crippen molar-refractivity contribution in [3.05, 3.63) is 29.6 Å². The third-order valence-corrected chi connectivity index (χ3v) is 6.83. The van der Waals surface area contributed by atoms with Crippen molar-refractivity contribution in [2.75, 3.05) is 11.5 Å². The summed E-state index contributed by atoms with van der Waals surface area (Å²) in [6.07, 6.45) is 1.12. The highest BCUT2D eigenvalue weighted by Gasteiger charge is 2.30. The predicted molar refractivity (Wildman–Crippen MR) is 87.9 cm³/mol. The van der Waals surface area contributed by atoms with Gasteiger partial charge in [0, 0.05) is 22.3 Å². The molecule has 2 unspecified atom stereocenters. The highest BCUT2D eigenvalue weighted by molar-refractivity contribution is 8.06. The summed E-state index contributed by atoms with van der Waals surface area (Å²) >= 11 is 3.92.